The molecule has 26 heavy (non-hydrogen) atoms. The number of hydrogen-bond donors (Lipinski definition) is 2. The number of nitrogens with two attached hydrogens (primary N) is 1. The van der Waals surface area contributed by atoms with E-state index in [0.29, 0.717) is 11.5 Å². The molecule has 6 nitrogen and oxygen atoms in total. The van der Waals surface area contributed by atoms with E-state index in [1.54, 1.807) is 0 Å². The fourth-order valence-electron chi connectivity index (χ4n) is 4.14. The molecule has 0 radical (unpaired) electrons. The molecule has 0 aromatic heterocycles. The Morgan fingerprint density at radius 3 is 2.35 bits per heavy atom. The van der Waals surface area contributed by atoms with E-state index in [9.17, 15) is 13.2 Å². The lowest BCUT2D eigenvalue weighted by Gasteiger charge is -2.37. The summed E-state index contributed by atoms with van der Waals surface area (Å²) in [6, 6.07) is 6.01. The van der Waals surface area contributed by atoms with Crippen molar-refractivity contribution in [1.29, 1.82) is 0 Å². The summed E-state index contributed by atoms with van der Waals surface area (Å²) in [5.41, 5.74) is 0.472. The Balaban J connectivity index is 1.62. The van der Waals surface area contributed by atoms with Crippen LogP contribution in [0.25, 0.3) is 0 Å². The normalized spacial score (nSPS) is 25.0. The predicted octanol–water partition coefficient (Wildman–Crippen LogP) is 2.11. The average Bonchev–Trinajstić information content (AvgIpc) is 2.63. The zero-order chi connectivity index (χ0) is 18.6. The summed E-state index contributed by atoms with van der Waals surface area (Å²) in [5, 5.41) is 8.29. The molecular weight excluding hydrogens is 350 g/mol. The van der Waals surface area contributed by atoms with Gasteiger partial charge in [-0.2, -0.15) is 0 Å². The molecule has 0 bridgehead atoms. The van der Waals surface area contributed by atoms with Gasteiger partial charge >= 0.3 is 0 Å². The van der Waals surface area contributed by atoms with Crippen molar-refractivity contribution in [2.75, 3.05) is 19.6 Å². The van der Waals surface area contributed by atoms with E-state index in [-0.39, 0.29) is 16.8 Å². The van der Waals surface area contributed by atoms with Crippen molar-refractivity contribution in [3.05, 3.63) is 29.8 Å². The summed E-state index contributed by atoms with van der Waals surface area (Å²) >= 11 is 0. The second-order valence-electron chi connectivity index (χ2n) is 7.56. The monoisotopic (exact) mass is 379 g/mol. The molecule has 1 aromatic rings. The van der Waals surface area contributed by atoms with Gasteiger partial charge in [0.1, 0.15) is 0 Å². The third kappa shape index (κ3) is 5.05. The van der Waals surface area contributed by atoms with E-state index in [4.69, 9.17) is 5.14 Å². The predicted molar refractivity (Wildman–Crippen MR) is 101 cm³/mol. The Morgan fingerprint density at radius 2 is 1.69 bits per heavy atom. The molecular formula is C19H29N3O3S. The van der Waals surface area contributed by atoms with Crippen LogP contribution < -0.4 is 10.5 Å². The van der Waals surface area contributed by atoms with Gasteiger partial charge in [0.15, 0.2) is 0 Å². The highest BCUT2D eigenvalue weighted by Gasteiger charge is 2.28. The minimum absolute atomic E-state index is 0.0229. The van der Waals surface area contributed by atoms with Gasteiger partial charge in [-0.3, -0.25) is 4.79 Å². The molecule has 7 heteroatoms. The van der Waals surface area contributed by atoms with E-state index < -0.39 is 10.0 Å². The Morgan fingerprint density at radius 1 is 1.04 bits per heavy atom. The Bertz CT molecular complexity index is 712. The maximum absolute atomic E-state index is 12.6. The number of sulfonamides is 1. The average molecular weight is 380 g/mol. The van der Waals surface area contributed by atoms with Crippen LogP contribution in [0.4, 0.5) is 0 Å². The number of rotatable bonds is 5. The number of amides is 1. The molecule has 0 spiro atoms. The molecule has 1 aliphatic heterocycles. The van der Waals surface area contributed by atoms with Gasteiger partial charge in [0.2, 0.25) is 10.0 Å². The second kappa shape index (κ2) is 8.50. The minimum atomic E-state index is -3.73. The smallest absolute Gasteiger partial charge is 0.251 e. The topological polar surface area (TPSA) is 92.5 Å². The van der Waals surface area contributed by atoms with Crippen LogP contribution in [0.3, 0.4) is 0 Å². The Kier molecular flexibility index (Phi) is 6.32. The van der Waals surface area contributed by atoms with E-state index in [1.165, 1.54) is 63.0 Å². The van der Waals surface area contributed by atoms with Gasteiger partial charge in [-0.05, 0) is 69.0 Å². The number of benzene rings is 1. The highest BCUT2D eigenvalue weighted by Crippen LogP contribution is 2.26. The number of primary sulfonamides is 1. The second-order valence-corrected chi connectivity index (χ2v) is 9.12. The van der Waals surface area contributed by atoms with E-state index in [1.807, 2.05) is 0 Å². The van der Waals surface area contributed by atoms with Crippen molar-refractivity contribution >= 4 is 15.9 Å². The van der Waals surface area contributed by atoms with Crippen LogP contribution in [0.5, 0.6) is 0 Å². The van der Waals surface area contributed by atoms with Gasteiger partial charge in [0, 0.05) is 18.2 Å². The summed E-state index contributed by atoms with van der Waals surface area (Å²) in [5.74, 6) is 0.357. The third-order valence-electron chi connectivity index (χ3n) is 5.61. The fourth-order valence-corrected chi connectivity index (χ4v) is 4.65. The highest BCUT2D eigenvalue weighted by atomic mass is 32.2. The number of nitrogens with zero attached hydrogens (tertiary/aromatic N) is 1. The van der Waals surface area contributed by atoms with Crippen LogP contribution in [0.15, 0.2) is 29.2 Å². The van der Waals surface area contributed by atoms with Gasteiger partial charge < -0.3 is 10.2 Å². The molecule has 2 atom stereocenters. The van der Waals surface area contributed by atoms with Gasteiger partial charge in [-0.25, -0.2) is 13.6 Å². The van der Waals surface area contributed by atoms with Crippen molar-refractivity contribution in [2.24, 2.45) is 11.1 Å². The third-order valence-corrected chi connectivity index (χ3v) is 6.54. The van der Waals surface area contributed by atoms with Crippen molar-refractivity contribution in [1.82, 2.24) is 10.2 Å². The first-order valence-corrected chi connectivity index (χ1v) is 11.1. The fraction of sp³-hybridized carbons (Fsp3) is 0.632. The van der Waals surface area contributed by atoms with Crippen molar-refractivity contribution in [3.8, 4) is 0 Å². The van der Waals surface area contributed by atoms with Crippen LogP contribution in [0.2, 0.25) is 0 Å². The zero-order valence-corrected chi connectivity index (χ0v) is 16.0. The molecule has 1 amide bonds. The van der Waals surface area contributed by atoms with E-state index in [0.717, 1.165) is 25.8 Å². The number of carbonyl (C=O) groups is 1. The number of likely N-dealkylation sites (tertiary alicyclic amines) is 1. The summed E-state index contributed by atoms with van der Waals surface area (Å²) < 4.78 is 22.7. The van der Waals surface area contributed by atoms with Crippen LogP contribution >= 0.6 is 0 Å². The highest BCUT2D eigenvalue weighted by molar-refractivity contribution is 7.89. The maximum atomic E-state index is 12.6. The molecule has 1 saturated carbocycles. The largest absolute Gasteiger partial charge is 0.349 e. The van der Waals surface area contributed by atoms with Crippen molar-refractivity contribution in [2.45, 2.75) is 55.9 Å². The first-order chi connectivity index (χ1) is 12.4. The van der Waals surface area contributed by atoms with Gasteiger partial charge in [-0.15, -0.1) is 0 Å². The van der Waals surface area contributed by atoms with Crippen molar-refractivity contribution < 1.29 is 13.2 Å². The molecule has 144 valence electrons. The van der Waals surface area contributed by atoms with Gasteiger partial charge in [0.05, 0.1) is 4.90 Å². The SMILES string of the molecule is NS(=O)(=O)c1ccc(C(=O)N[C@@H]2CCCC[C@H]2CN2CCCCC2)cc1. The van der Waals surface area contributed by atoms with E-state index in [2.05, 4.69) is 10.2 Å². The summed E-state index contributed by atoms with van der Waals surface area (Å²) in [6.45, 7) is 3.41. The number of carbonyl (C=O) groups excluding carboxylic acids is 1. The minimum Gasteiger partial charge on any atom is -0.349 e. The number of piperidine rings is 1. The standard InChI is InChI=1S/C19H29N3O3S/c20-26(24,25)17-10-8-15(9-11-17)19(23)21-18-7-3-2-6-16(18)14-22-12-4-1-5-13-22/h8-11,16,18H,1-7,12-14H2,(H,21,23)(H2,20,24,25)/t16-,18+/m0/s1. The first kappa shape index (κ1) is 19.3. The number of hydrogen-bond acceptors (Lipinski definition) is 4. The molecule has 1 aromatic carbocycles. The Hall–Kier alpha value is -1.44. The maximum Gasteiger partial charge on any atom is 0.251 e. The molecule has 2 aliphatic rings. The van der Waals surface area contributed by atoms with Crippen LogP contribution in [-0.2, 0) is 10.0 Å². The summed E-state index contributed by atoms with van der Waals surface area (Å²) in [7, 11) is -3.73. The first-order valence-electron chi connectivity index (χ1n) is 9.59. The zero-order valence-electron chi connectivity index (χ0n) is 15.2. The Labute approximate surface area is 156 Å². The van der Waals surface area contributed by atoms with Crippen LogP contribution in [0, 0.1) is 5.92 Å². The van der Waals surface area contributed by atoms with Crippen LogP contribution in [0.1, 0.15) is 55.3 Å². The van der Waals surface area contributed by atoms with Crippen LogP contribution in [-0.4, -0.2) is 44.9 Å². The molecule has 2 fully saturated rings. The molecule has 1 heterocycles. The lowest BCUT2D eigenvalue weighted by atomic mass is 9.83. The van der Waals surface area contributed by atoms with E-state index >= 15 is 0 Å². The molecule has 0 unspecified atom stereocenters. The molecule has 3 rings (SSSR count). The lowest BCUT2D eigenvalue weighted by Crippen LogP contribution is -2.47. The molecule has 1 aliphatic carbocycles. The quantitative estimate of drug-likeness (QED) is 0.819. The van der Waals surface area contributed by atoms with Gasteiger partial charge in [0.25, 0.3) is 5.91 Å². The van der Waals surface area contributed by atoms with Crippen molar-refractivity contribution in [3.63, 3.8) is 0 Å². The number of nitrogens with one attached hydrogen (secondary N) is 1. The van der Waals surface area contributed by atoms with Gasteiger partial charge in [-0.1, -0.05) is 19.3 Å². The summed E-state index contributed by atoms with van der Waals surface area (Å²) in [4.78, 5) is 15.2. The molecule has 3 N–H and O–H groups in total. The summed E-state index contributed by atoms with van der Waals surface area (Å²) in [6.07, 6.45) is 8.43. The molecule has 1 saturated heterocycles. The lowest BCUT2D eigenvalue weighted by molar-refractivity contribution is 0.0877.